The number of nitriles is 1. The van der Waals surface area contributed by atoms with Crippen molar-refractivity contribution in [2.24, 2.45) is 0 Å². The molecule has 1 N–H and O–H groups in total. The van der Waals surface area contributed by atoms with Gasteiger partial charge in [-0.25, -0.2) is 0 Å². The molecule has 0 aliphatic heterocycles. The second kappa shape index (κ2) is 5.21. The highest BCUT2D eigenvalue weighted by Crippen LogP contribution is 2.36. The quantitative estimate of drug-likeness (QED) is 0.882. The third-order valence-electron chi connectivity index (χ3n) is 3.51. The van der Waals surface area contributed by atoms with E-state index in [1.807, 2.05) is 11.6 Å². The maximum Gasteiger partial charge on any atom is 0.303 e. The standard InChI is InChI=1S/C13H17N3O2/c1-9-13-10(8-12(17)18)4-2-5-11(13)16(15-9)7-3-6-14/h10H,2-5,7-8H2,1H3,(H,17,18). The van der Waals surface area contributed by atoms with Gasteiger partial charge in [0.05, 0.1) is 31.1 Å². The molecule has 0 saturated heterocycles. The molecule has 5 heteroatoms. The van der Waals surface area contributed by atoms with Gasteiger partial charge in [0.15, 0.2) is 0 Å². The molecule has 0 spiro atoms. The molecule has 1 unspecified atom stereocenters. The van der Waals surface area contributed by atoms with Crippen LogP contribution in [0.25, 0.3) is 0 Å². The van der Waals surface area contributed by atoms with Crippen molar-refractivity contribution in [3.05, 3.63) is 17.0 Å². The number of carboxylic acid groups (broad SMARTS) is 1. The molecule has 0 bridgehead atoms. The highest BCUT2D eigenvalue weighted by atomic mass is 16.4. The maximum atomic E-state index is 10.9. The molecule has 1 aliphatic carbocycles. The summed E-state index contributed by atoms with van der Waals surface area (Å²) in [6.45, 7) is 2.54. The van der Waals surface area contributed by atoms with Crippen LogP contribution in [0.4, 0.5) is 0 Å². The van der Waals surface area contributed by atoms with Crippen molar-refractivity contribution in [3.8, 4) is 6.07 Å². The largest absolute Gasteiger partial charge is 0.481 e. The average Bonchev–Trinajstić information content (AvgIpc) is 2.64. The van der Waals surface area contributed by atoms with Crippen molar-refractivity contribution in [2.45, 2.75) is 51.5 Å². The Balaban J connectivity index is 2.30. The Hall–Kier alpha value is -1.83. The van der Waals surface area contributed by atoms with Crippen LogP contribution in [0, 0.1) is 18.3 Å². The number of nitrogens with zero attached hydrogens (tertiary/aromatic N) is 3. The SMILES string of the molecule is Cc1nn(CCC#N)c2c1C(CC(=O)O)CCC2. The summed E-state index contributed by atoms with van der Waals surface area (Å²) in [5, 5.41) is 22.1. The second-order valence-corrected chi connectivity index (χ2v) is 4.76. The molecule has 1 atom stereocenters. The van der Waals surface area contributed by atoms with Gasteiger partial charge in [-0.1, -0.05) is 0 Å². The van der Waals surface area contributed by atoms with E-state index in [4.69, 9.17) is 10.4 Å². The predicted molar refractivity (Wildman–Crippen MR) is 65.1 cm³/mol. The first-order chi connectivity index (χ1) is 8.63. The lowest BCUT2D eigenvalue weighted by Crippen LogP contribution is -2.15. The summed E-state index contributed by atoms with van der Waals surface area (Å²) in [5.74, 6) is -0.667. The van der Waals surface area contributed by atoms with Crippen molar-refractivity contribution in [1.82, 2.24) is 9.78 Å². The summed E-state index contributed by atoms with van der Waals surface area (Å²) in [6.07, 6.45) is 3.49. The van der Waals surface area contributed by atoms with Crippen molar-refractivity contribution < 1.29 is 9.90 Å². The van der Waals surface area contributed by atoms with E-state index in [-0.39, 0.29) is 12.3 Å². The van der Waals surface area contributed by atoms with Gasteiger partial charge >= 0.3 is 5.97 Å². The second-order valence-electron chi connectivity index (χ2n) is 4.76. The number of hydrogen-bond donors (Lipinski definition) is 1. The summed E-state index contributed by atoms with van der Waals surface area (Å²) >= 11 is 0. The van der Waals surface area contributed by atoms with E-state index in [1.165, 1.54) is 0 Å². The first-order valence-corrected chi connectivity index (χ1v) is 6.28. The third-order valence-corrected chi connectivity index (χ3v) is 3.51. The zero-order valence-electron chi connectivity index (χ0n) is 10.5. The van der Waals surface area contributed by atoms with Crippen LogP contribution < -0.4 is 0 Å². The van der Waals surface area contributed by atoms with E-state index in [2.05, 4.69) is 11.2 Å². The normalized spacial score (nSPS) is 18.1. The van der Waals surface area contributed by atoms with Crippen molar-refractivity contribution in [1.29, 1.82) is 5.26 Å². The van der Waals surface area contributed by atoms with Crippen LogP contribution in [-0.2, 0) is 17.8 Å². The lowest BCUT2D eigenvalue weighted by Gasteiger charge is -2.22. The Morgan fingerprint density at radius 2 is 2.44 bits per heavy atom. The Labute approximate surface area is 106 Å². The molecule has 0 aromatic carbocycles. The molecule has 2 rings (SSSR count). The lowest BCUT2D eigenvalue weighted by atomic mass is 9.83. The van der Waals surface area contributed by atoms with Crippen LogP contribution >= 0.6 is 0 Å². The summed E-state index contributed by atoms with van der Waals surface area (Å²) in [4.78, 5) is 10.9. The fourth-order valence-electron chi connectivity index (χ4n) is 2.85. The van der Waals surface area contributed by atoms with Gasteiger partial charge < -0.3 is 5.11 Å². The van der Waals surface area contributed by atoms with Gasteiger partial charge in [-0.2, -0.15) is 10.4 Å². The Morgan fingerprint density at radius 3 is 3.11 bits per heavy atom. The predicted octanol–water partition coefficient (Wildman–Crippen LogP) is 2.00. The minimum atomic E-state index is -0.753. The van der Waals surface area contributed by atoms with Crippen LogP contribution in [-0.4, -0.2) is 20.9 Å². The van der Waals surface area contributed by atoms with Crippen LogP contribution in [0.3, 0.4) is 0 Å². The summed E-state index contributed by atoms with van der Waals surface area (Å²) in [6, 6.07) is 2.12. The first-order valence-electron chi connectivity index (χ1n) is 6.28. The third kappa shape index (κ3) is 2.37. The molecule has 96 valence electrons. The highest BCUT2D eigenvalue weighted by molar-refractivity contribution is 5.68. The van der Waals surface area contributed by atoms with Gasteiger partial charge in [0.25, 0.3) is 0 Å². The fraction of sp³-hybridized carbons (Fsp3) is 0.615. The lowest BCUT2D eigenvalue weighted by molar-refractivity contribution is -0.137. The number of carbonyl (C=O) groups is 1. The van der Waals surface area contributed by atoms with Gasteiger partial charge in [-0.05, 0) is 37.7 Å². The molecule has 1 heterocycles. The topological polar surface area (TPSA) is 78.9 Å². The van der Waals surface area contributed by atoms with Crippen LogP contribution in [0.2, 0.25) is 0 Å². The van der Waals surface area contributed by atoms with Gasteiger partial charge in [0.1, 0.15) is 0 Å². The number of carboxylic acids is 1. The summed E-state index contributed by atoms with van der Waals surface area (Å²) in [7, 11) is 0. The highest BCUT2D eigenvalue weighted by Gasteiger charge is 2.28. The van der Waals surface area contributed by atoms with E-state index < -0.39 is 5.97 Å². The number of aliphatic carboxylic acids is 1. The minimum absolute atomic E-state index is 0.0853. The smallest absolute Gasteiger partial charge is 0.303 e. The molecule has 0 fully saturated rings. The maximum absolute atomic E-state index is 10.9. The van der Waals surface area contributed by atoms with E-state index >= 15 is 0 Å². The Bertz CT molecular complexity index is 499. The fourth-order valence-corrected chi connectivity index (χ4v) is 2.85. The van der Waals surface area contributed by atoms with Crippen LogP contribution in [0.1, 0.15) is 48.6 Å². The van der Waals surface area contributed by atoms with Gasteiger partial charge in [0.2, 0.25) is 0 Å². The number of hydrogen-bond acceptors (Lipinski definition) is 3. The average molecular weight is 247 g/mol. The summed E-state index contributed by atoms with van der Waals surface area (Å²) < 4.78 is 1.89. The van der Waals surface area contributed by atoms with Gasteiger partial charge in [-0.15, -0.1) is 0 Å². The monoisotopic (exact) mass is 247 g/mol. The van der Waals surface area contributed by atoms with E-state index in [9.17, 15) is 4.79 Å². The zero-order valence-corrected chi connectivity index (χ0v) is 10.5. The molecule has 0 radical (unpaired) electrons. The van der Waals surface area contributed by atoms with Gasteiger partial charge in [0, 0.05) is 5.69 Å². The Kier molecular flexibility index (Phi) is 3.66. The molecule has 1 aliphatic rings. The molecular formula is C13H17N3O2. The minimum Gasteiger partial charge on any atom is -0.481 e. The first kappa shape index (κ1) is 12.6. The van der Waals surface area contributed by atoms with Crippen molar-refractivity contribution in [3.63, 3.8) is 0 Å². The van der Waals surface area contributed by atoms with E-state index in [0.29, 0.717) is 13.0 Å². The molecular weight excluding hydrogens is 230 g/mol. The number of aryl methyl sites for hydroxylation is 2. The van der Waals surface area contributed by atoms with Crippen molar-refractivity contribution >= 4 is 5.97 Å². The van der Waals surface area contributed by atoms with E-state index in [0.717, 1.165) is 36.2 Å². The Morgan fingerprint density at radius 1 is 1.67 bits per heavy atom. The molecule has 18 heavy (non-hydrogen) atoms. The number of aromatic nitrogens is 2. The number of fused-ring (bicyclic) bond motifs is 1. The summed E-state index contributed by atoms with van der Waals surface area (Å²) in [5.41, 5.74) is 3.18. The number of rotatable bonds is 4. The van der Waals surface area contributed by atoms with E-state index in [1.54, 1.807) is 0 Å². The van der Waals surface area contributed by atoms with Crippen molar-refractivity contribution in [2.75, 3.05) is 0 Å². The molecule has 5 nitrogen and oxygen atoms in total. The van der Waals surface area contributed by atoms with Crippen LogP contribution in [0.5, 0.6) is 0 Å². The molecule has 0 amide bonds. The zero-order chi connectivity index (χ0) is 13.1. The van der Waals surface area contributed by atoms with Gasteiger partial charge in [-0.3, -0.25) is 9.48 Å². The molecule has 1 aromatic rings. The molecule has 0 saturated carbocycles. The molecule has 1 aromatic heterocycles. The van der Waals surface area contributed by atoms with Crippen LogP contribution in [0.15, 0.2) is 0 Å².